The van der Waals surface area contributed by atoms with E-state index in [0.717, 1.165) is 16.9 Å². The molecule has 0 aromatic heterocycles. The highest BCUT2D eigenvalue weighted by atomic mass is 16.5. The van der Waals surface area contributed by atoms with E-state index in [-0.39, 0.29) is 49.7 Å². The van der Waals surface area contributed by atoms with Gasteiger partial charge in [0.1, 0.15) is 12.1 Å². The van der Waals surface area contributed by atoms with Crippen LogP contribution in [0, 0.1) is 0 Å². The molecule has 13 heteroatoms. The Bertz CT molecular complexity index is 1150. The minimum absolute atomic E-state index is 0.0556. The number of imide groups is 1. The van der Waals surface area contributed by atoms with Crippen molar-refractivity contribution in [2.75, 3.05) is 13.1 Å². The quantitative estimate of drug-likeness (QED) is 0.188. The summed E-state index contributed by atoms with van der Waals surface area (Å²) in [5.41, 5.74) is 11.8. The molecule has 0 radical (unpaired) electrons. The summed E-state index contributed by atoms with van der Waals surface area (Å²) in [6.07, 6.45) is 0.950. The summed E-state index contributed by atoms with van der Waals surface area (Å²) in [4.78, 5) is 48.7. The number of amides is 3. The van der Waals surface area contributed by atoms with Crippen molar-refractivity contribution >= 4 is 29.6 Å². The van der Waals surface area contributed by atoms with Crippen LogP contribution < -0.4 is 22.1 Å². The predicted molar refractivity (Wildman–Crippen MR) is 124 cm³/mol. The van der Waals surface area contributed by atoms with Crippen LogP contribution in [0.4, 0.5) is 0 Å². The lowest BCUT2D eigenvalue weighted by atomic mass is 9.84. The average Bonchev–Trinajstić information content (AvgIpc) is 3.42. The van der Waals surface area contributed by atoms with Gasteiger partial charge in [-0.15, -0.1) is 0 Å². The molecule has 3 amide bonds. The van der Waals surface area contributed by atoms with Crippen molar-refractivity contribution in [3.05, 3.63) is 35.4 Å². The highest BCUT2D eigenvalue weighted by molar-refractivity contribution is 6.02. The molecular formula is C22H28N8O5. The summed E-state index contributed by atoms with van der Waals surface area (Å²) in [5.74, 6) is -3.90. The van der Waals surface area contributed by atoms with Gasteiger partial charge >= 0.3 is 0 Å². The second kappa shape index (κ2) is 7.92. The molecule has 4 atom stereocenters. The molecule has 186 valence electrons. The summed E-state index contributed by atoms with van der Waals surface area (Å²) in [6.45, 7) is 1.74. The first kappa shape index (κ1) is 23.1. The van der Waals surface area contributed by atoms with E-state index in [1.54, 1.807) is 18.2 Å². The third-order valence-electron chi connectivity index (χ3n) is 7.23. The summed E-state index contributed by atoms with van der Waals surface area (Å²) < 4.78 is 0. The maximum atomic E-state index is 13.0. The predicted octanol–water partition coefficient (Wildman–Crippen LogP) is -2.83. The summed E-state index contributed by atoms with van der Waals surface area (Å²) in [6, 6.07) is 3.96. The Labute approximate surface area is 200 Å². The van der Waals surface area contributed by atoms with E-state index >= 15 is 0 Å². The molecule has 1 aromatic rings. The molecule has 13 nitrogen and oxygen atoms in total. The Morgan fingerprint density at radius 1 is 1.23 bits per heavy atom. The molecule has 4 aliphatic heterocycles. The van der Waals surface area contributed by atoms with E-state index < -0.39 is 35.5 Å². The molecule has 1 aromatic carbocycles. The van der Waals surface area contributed by atoms with Crippen molar-refractivity contribution in [3.8, 4) is 0 Å². The molecule has 1 spiro atoms. The number of nitrogens with two attached hydrogens (primary N) is 2. The van der Waals surface area contributed by atoms with Gasteiger partial charge in [-0.3, -0.25) is 19.3 Å². The Hall–Kier alpha value is -3.71. The number of likely N-dealkylation sites (tertiary alicyclic amines) is 1. The van der Waals surface area contributed by atoms with Crippen molar-refractivity contribution in [1.82, 2.24) is 20.4 Å². The SMILES string of the molecule is CCc1cccc(C(=O)NC2CN3C(N)=N[C@@H](CN4C(=O)CCC4=O)C4N=C(N)N[C@]43C2(O)O)c1. The van der Waals surface area contributed by atoms with Gasteiger partial charge in [-0.1, -0.05) is 19.1 Å². The van der Waals surface area contributed by atoms with Gasteiger partial charge in [0.25, 0.3) is 5.91 Å². The van der Waals surface area contributed by atoms with Gasteiger partial charge in [0.15, 0.2) is 17.6 Å². The molecule has 8 N–H and O–H groups in total. The highest BCUT2D eigenvalue weighted by Crippen LogP contribution is 2.45. The van der Waals surface area contributed by atoms with E-state index in [4.69, 9.17) is 11.5 Å². The fourth-order valence-electron chi connectivity index (χ4n) is 5.42. The lowest BCUT2D eigenvalue weighted by Crippen LogP contribution is -2.78. The minimum atomic E-state index is -2.60. The largest absolute Gasteiger partial charge is 0.370 e. The zero-order valence-corrected chi connectivity index (χ0v) is 19.1. The van der Waals surface area contributed by atoms with Crippen molar-refractivity contribution in [3.63, 3.8) is 0 Å². The van der Waals surface area contributed by atoms with Crippen LogP contribution in [-0.2, 0) is 16.0 Å². The van der Waals surface area contributed by atoms with Crippen molar-refractivity contribution in [2.24, 2.45) is 21.5 Å². The zero-order valence-electron chi connectivity index (χ0n) is 19.1. The summed E-state index contributed by atoms with van der Waals surface area (Å²) in [5, 5.41) is 28.5. The van der Waals surface area contributed by atoms with Gasteiger partial charge in [-0.25, -0.2) is 9.98 Å². The van der Waals surface area contributed by atoms with Gasteiger partial charge in [-0.05, 0) is 24.1 Å². The number of aliphatic hydroxyl groups is 2. The number of hydrogen-bond acceptors (Lipinski definition) is 11. The Kier molecular flexibility index (Phi) is 5.21. The van der Waals surface area contributed by atoms with Gasteiger partial charge in [0, 0.05) is 24.9 Å². The molecule has 0 saturated carbocycles. The van der Waals surface area contributed by atoms with E-state index in [1.807, 2.05) is 13.0 Å². The van der Waals surface area contributed by atoms with Crippen LogP contribution in [-0.4, -0.2) is 92.3 Å². The Balaban J connectivity index is 1.46. The number of nitrogens with zero attached hydrogens (tertiary/aromatic N) is 4. The summed E-state index contributed by atoms with van der Waals surface area (Å²) in [7, 11) is 0. The number of carbonyl (C=O) groups is 3. The smallest absolute Gasteiger partial charge is 0.251 e. The summed E-state index contributed by atoms with van der Waals surface area (Å²) >= 11 is 0. The van der Waals surface area contributed by atoms with E-state index in [9.17, 15) is 24.6 Å². The fourth-order valence-corrected chi connectivity index (χ4v) is 5.42. The second-order valence-corrected chi connectivity index (χ2v) is 9.22. The lowest BCUT2D eigenvalue weighted by molar-refractivity contribution is -0.230. The van der Waals surface area contributed by atoms with Crippen LogP contribution in [0.2, 0.25) is 0 Å². The number of carbonyl (C=O) groups excluding carboxylic acids is 3. The number of hydrogen-bond donors (Lipinski definition) is 6. The van der Waals surface area contributed by atoms with Crippen LogP contribution in [0.15, 0.2) is 34.3 Å². The molecule has 5 rings (SSSR count). The van der Waals surface area contributed by atoms with E-state index in [0.29, 0.717) is 5.56 Å². The van der Waals surface area contributed by atoms with Gasteiger partial charge in [-0.2, -0.15) is 0 Å². The van der Waals surface area contributed by atoms with E-state index in [2.05, 4.69) is 20.6 Å². The van der Waals surface area contributed by atoms with Gasteiger partial charge in [0.2, 0.25) is 17.6 Å². The Morgan fingerprint density at radius 3 is 2.63 bits per heavy atom. The molecule has 4 heterocycles. The number of guanidine groups is 2. The van der Waals surface area contributed by atoms with Crippen molar-refractivity contribution < 1.29 is 24.6 Å². The zero-order chi connectivity index (χ0) is 25.1. The molecule has 2 saturated heterocycles. The van der Waals surface area contributed by atoms with Crippen LogP contribution in [0.3, 0.4) is 0 Å². The molecule has 0 aliphatic carbocycles. The molecule has 0 bridgehead atoms. The normalized spacial score (nSPS) is 31.0. The molecule has 35 heavy (non-hydrogen) atoms. The molecule has 2 fully saturated rings. The second-order valence-electron chi connectivity index (χ2n) is 9.22. The first-order valence-electron chi connectivity index (χ1n) is 11.5. The van der Waals surface area contributed by atoms with Crippen LogP contribution in [0.5, 0.6) is 0 Å². The number of rotatable bonds is 5. The van der Waals surface area contributed by atoms with Crippen LogP contribution in [0.1, 0.15) is 35.7 Å². The van der Waals surface area contributed by atoms with Crippen molar-refractivity contribution in [2.45, 2.75) is 55.8 Å². The fraction of sp³-hybridized carbons (Fsp3) is 0.500. The highest BCUT2D eigenvalue weighted by Gasteiger charge is 2.73. The van der Waals surface area contributed by atoms with Crippen molar-refractivity contribution in [1.29, 1.82) is 0 Å². The monoisotopic (exact) mass is 484 g/mol. The topological polar surface area (TPSA) is 199 Å². The molecule has 2 unspecified atom stereocenters. The van der Waals surface area contributed by atoms with E-state index in [1.165, 1.54) is 4.90 Å². The first-order valence-corrected chi connectivity index (χ1v) is 11.5. The standard InChI is InChI=1S/C22H28N8O5/c1-2-11-4-3-5-12(8-11)18(33)26-14-10-30-20(24)25-13(9-29-15(31)6-7-16(29)32)17-21(30,22(14,34)35)28-19(23)27-17/h3-5,8,13-14,17,34-35H,2,6-7,9-10H2,1H3,(H2,24,25)(H,26,33)(H3,23,27,28)/t13-,14?,17?,21+/m0/s1. The molecule has 4 aliphatic rings. The number of benzene rings is 1. The number of aliphatic imine (C=N–C) groups is 2. The third-order valence-corrected chi connectivity index (χ3v) is 7.23. The third kappa shape index (κ3) is 3.33. The maximum absolute atomic E-state index is 13.0. The van der Waals surface area contributed by atoms with Crippen LogP contribution >= 0.6 is 0 Å². The average molecular weight is 485 g/mol. The van der Waals surface area contributed by atoms with Gasteiger partial charge < -0.3 is 37.2 Å². The van der Waals surface area contributed by atoms with Crippen LogP contribution in [0.25, 0.3) is 0 Å². The number of nitrogens with one attached hydrogen (secondary N) is 2. The maximum Gasteiger partial charge on any atom is 0.251 e. The molecular weight excluding hydrogens is 456 g/mol. The number of aryl methyl sites for hydroxylation is 1. The minimum Gasteiger partial charge on any atom is -0.370 e. The van der Waals surface area contributed by atoms with Gasteiger partial charge in [0.05, 0.1) is 12.6 Å². The Morgan fingerprint density at radius 2 is 1.94 bits per heavy atom. The first-order chi connectivity index (χ1) is 16.6. The lowest BCUT2D eigenvalue weighted by Gasteiger charge is -2.49.